The summed E-state index contributed by atoms with van der Waals surface area (Å²) < 4.78 is 25.9. The van der Waals surface area contributed by atoms with Gasteiger partial charge in [0.1, 0.15) is 0 Å². The Morgan fingerprint density at radius 1 is 1.40 bits per heavy atom. The van der Waals surface area contributed by atoms with Crippen LogP contribution in [0.5, 0.6) is 0 Å². The summed E-state index contributed by atoms with van der Waals surface area (Å²) in [5, 5.41) is 13.8. The zero-order chi connectivity index (χ0) is 14.8. The van der Waals surface area contributed by atoms with Gasteiger partial charge in [0.05, 0.1) is 5.69 Å². The maximum Gasteiger partial charge on any atom is 0.323 e. The molecule has 20 heavy (non-hydrogen) atoms. The number of H-pyrrole nitrogens is 1. The van der Waals surface area contributed by atoms with Gasteiger partial charge in [-0.15, -0.1) is 0 Å². The van der Waals surface area contributed by atoms with Crippen molar-refractivity contribution >= 4 is 21.7 Å². The minimum atomic E-state index is -3.97. The standard InChI is InChI=1S/C12H13N3O4S/c1-8(12(16)17)20(18,19)15-10-4-2-3-9(7-10)11-5-6-13-14-11/h2-8,15H,1H3,(H,13,14)(H,16,17). The number of anilines is 1. The van der Waals surface area contributed by atoms with Crippen LogP contribution in [0.2, 0.25) is 0 Å². The molecule has 1 aromatic heterocycles. The summed E-state index contributed by atoms with van der Waals surface area (Å²) in [6, 6.07) is 8.34. The van der Waals surface area contributed by atoms with E-state index >= 15 is 0 Å². The van der Waals surface area contributed by atoms with Crippen LogP contribution in [0.25, 0.3) is 11.3 Å². The topological polar surface area (TPSA) is 112 Å². The average molecular weight is 295 g/mol. The summed E-state index contributed by atoms with van der Waals surface area (Å²) in [5.41, 5.74) is 1.77. The number of hydrogen-bond acceptors (Lipinski definition) is 4. The van der Waals surface area contributed by atoms with E-state index in [9.17, 15) is 13.2 Å². The van der Waals surface area contributed by atoms with E-state index < -0.39 is 21.2 Å². The van der Waals surface area contributed by atoms with Gasteiger partial charge < -0.3 is 5.11 Å². The Morgan fingerprint density at radius 3 is 2.75 bits per heavy atom. The third-order valence-corrected chi connectivity index (χ3v) is 4.40. The molecule has 0 fully saturated rings. The van der Waals surface area contributed by atoms with E-state index in [2.05, 4.69) is 14.9 Å². The van der Waals surface area contributed by atoms with Gasteiger partial charge in [-0.3, -0.25) is 14.6 Å². The van der Waals surface area contributed by atoms with E-state index in [1.807, 2.05) is 0 Å². The molecular formula is C12H13N3O4S. The van der Waals surface area contributed by atoms with Crippen molar-refractivity contribution in [2.24, 2.45) is 0 Å². The number of benzene rings is 1. The third kappa shape index (κ3) is 2.97. The highest BCUT2D eigenvalue weighted by Crippen LogP contribution is 2.21. The molecule has 2 rings (SSSR count). The molecule has 0 spiro atoms. The minimum Gasteiger partial charge on any atom is -0.480 e. The Hall–Kier alpha value is -2.35. The molecule has 1 unspecified atom stereocenters. The van der Waals surface area contributed by atoms with E-state index in [1.165, 1.54) is 0 Å². The van der Waals surface area contributed by atoms with Crippen LogP contribution in [-0.4, -0.2) is 34.9 Å². The van der Waals surface area contributed by atoms with Gasteiger partial charge in [-0.1, -0.05) is 12.1 Å². The van der Waals surface area contributed by atoms with Crippen molar-refractivity contribution in [3.05, 3.63) is 36.5 Å². The van der Waals surface area contributed by atoms with Crippen LogP contribution in [0.1, 0.15) is 6.92 Å². The predicted octanol–water partition coefficient (Wildman–Crippen LogP) is 1.29. The third-order valence-electron chi connectivity index (χ3n) is 2.75. The fraction of sp³-hybridized carbons (Fsp3) is 0.167. The van der Waals surface area contributed by atoms with Crippen molar-refractivity contribution in [2.45, 2.75) is 12.2 Å². The Labute approximate surface area is 115 Å². The summed E-state index contributed by atoms with van der Waals surface area (Å²) in [4.78, 5) is 10.8. The number of hydrogen-bond donors (Lipinski definition) is 3. The first-order chi connectivity index (χ1) is 9.40. The second kappa shape index (κ2) is 5.33. The maximum absolute atomic E-state index is 11.8. The average Bonchev–Trinajstić information content (AvgIpc) is 2.91. The molecule has 3 N–H and O–H groups in total. The van der Waals surface area contributed by atoms with Crippen LogP contribution in [0.15, 0.2) is 36.5 Å². The summed E-state index contributed by atoms with van der Waals surface area (Å²) in [6.07, 6.45) is 1.58. The molecule has 2 aromatic rings. The summed E-state index contributed by atoms with van der Waals surface area (Å²) >= 11 is 0. The molecule has 7 nitrogen and oxygen atoms in total. The quantitative estimate of drug-likeness (QED) is 0.769. The molecule has 0 aliphatic rings. The fourth-order valence-electron chi connectivity index (χ4n) is 1.55. The van der Waals surface area contributed by atoms with Crippen LogP contribution in [-0.2, 0) is 14.8 Å². The number of aliphatic carboxylic acids is 1. The van der Waals surface area contributed by atoms with Crippen molar-refractivity contribution < 1.29 is 18.3 Å². The first-order valence-electron chi connectivity index (χ1n) is 5.74. The van der Waals surface area contributed by atoms with Crippen LogP contribution in [0.3, 0.4) is 0 Å². The minimum absolute atomic E-state index is 0.296. The lowest BCUT2D eigenvalue weighted by Crippen LogP contribution is -2.32. The zero-order valence-electron chi connectivity index (χ0n) is 10.6. The largest absolute Gasteiger partial charge is 0.480 e. The van der Waals surface area contributed by atoms with E-state index in [4.69, 9.17) is 5.11 Å². The Bertz CT molecular complexity index is 710. The number of nitrogens with zero attached hydrogens (tertiary/aromatic N) is 1. The molecule has 1 atom stereocenters. The van der Waals surface area contributed by atoms with Gasteiger partial charge >= 0.3 is 5.97 Å². The van der Waals surface area contributed by atoms with Gasteiger partial charge in [0.25, 0.3) is 0 Å². The van der Waals surface area contributed by atoms with Crippen molar-refractivity contribution in [1.29, 1.82) is 0 Å². The fourth-order valence-corrected chi connectivity index (χ4v) is 2.45. The lowest BCUT2D eigenvalue weighted by molar-refractivity contribution is -0.136. The smallest absolute Gasteiger partial charge is 0.323 e. The maximum atomic E-state index is 11.8. The van der Waals surface area contributed by atoms with Crippen LogP contribution < -0.4 is 4.72 Å². The summed E-state index contributed by atoms with van der Waals surface area (Å²) in [7, 11) is -3.97. The van der Waals surface area contributed by atoms with Crippen LogP contribution >= 0.6 is 0 Å². The lowest BCUT2D eigenvalue weighted by atomic mass is 10.1. The first-order valence-corrected chi connectivity index (χ1v) is 7.29. The number of carboxylic acids is 1. The second-order valence-electron chi connectivity index (χ2n) is 4.18. The van der Waals surface area contributed by atoms with Gasteiger partial charge in [0, 0.05) is 17.4 Å². The van der Waals surface area contributed by atoms with Crippen molar-refractivity contribution in [2.75, 3.05) is 4.72 Å². The van der Waals surface area contributed by atoms with Crippen molar-refractivity contribution in [1.82, 2.24) is 10.2 Å². The van der Waals surface area contributed by atoms with Gasteiger partial charge in [-0.05, 0) is 25.1 Å². The monoisotopic (exact) mass is 295 g/mol. The summed E-state index contributed by atoms with van der Waals surface area (Å²) in [5.74, 6) is -1.40. The zero-order valence-corrected chi connectivity index (χ0v) is 11.4. The first kappa shape index (κ1) is 14.1. The lowest BCUT2D eigenvalue weighted by Gasteiger charge is -2.11. The number of carboxylic acid groups (broad SMARTS) is 1. The number of nitrogens with one attached hydrogen (secondary N) is 2. The van der Waals surface area contributed by atoms with E-state index in [0.717, 1.165) is 18.2 Å². The van der Waals surface area contributed by atoms with E-state index in [-0.39, 0.29) is 0 Å². The second-order valence-corrected chi connectivity index (χ2v) is 6.18. The van der Waals surface area contributed by atoms with Crippen LogP contribution in [0, 0.1) is 0 Å². The summed E-state index contributed by atoms with van der Waals surface area (Å²) in [6.45, 7) is 1.11. The number of aromatic amines is 1. The molecule has 0 aliphatic carbocycles. The molecule has 8 heteroatoms. The Kier molecular flexibility index (Phi) is 3.75. The van der Waals surface area contributed by atoms with E-state index in [0.29, 0.717) is 5.69 Å². The van der Waals surface area contributed by atoms with E-state index in [1.54, 1.807) is 36.5 Å². The van der Waals surface area contributed by atoms with Crippen molar-refractivity contribution in [3.8, 4) is 11.3 Å². The number of rotatable bonds is 5. The predicted molar refractivity (Wildman–Crippen MR) is 73.7 cm³/mol. The molecule has 1 aromatic carbocycles. The SMILES string of the molecule is CC(C(=O)O)S(=O)(=O)Nc1cccc(-c2ccn[nH]2)c1. The molecule has 0 amide bonds. The van der Waals surface area contributed by atoms with Gasteiger partial charge in [-0.25, -0.2) is 8.42 Å². The molecule has 1 heterocycles. The Morgan fingerprint density at radius 2 is 2.15 bits per heavy atom. The highest BCUT2D eigenvalue weighted by Gasteiger charge is 2.27. The molecule has 0 aliphatic heterocycles. The molecule has 0 saturated heterocycles. The highest BCUT2D eigenvalue weighted by atomic mass is 32.2. The normalized spacial score (nSPS) is 12.8. The van der Waals surface area contributed by atoms with Gasteiger partial charge in [0.15, 0.2) is 5.25 Å². The molecule has 106 valence electrons. The number of aromatic nitrogens is 2. The van der Waals surface area contributed by atoms with Gasteiger partial charge in [0.2, 0.25) is 10.0 Å². The molecular weight excluding hydrogens is 282 g/mol. The molecule has 0 saturated carbocycles. The molecule has 0 bridgehead atoms. The Balaban J connectivity index is 2.27. The van der Waals surface area contributed by atoms with Crippen LogP contribution in [0.4, 0.5) is 5.69 Å². The molecule has 0 radical (unpaired) electrons. The van der Waals surface area contributed by atoms with Gasteiger partial charge in [-0.2, -0.15) is 5.10 Å². The highest BCUT2D eigenvalue weighted by molar-refractivity contribution is 7.94. The van der Waals surface area contributed by atoms with Crippen molar-refractivity contribution in [3.63, 3.8) is 0 Å². The number of sulfonamides is 1. The number of carbonyl (C=O) groups is 1.